The van der Waals surface area contributed by atoms with Crippen molar-refractivity contribution < 1.29 is 4.42 Å². The Morgan fingerprint density at radius 1 is 0.385 bits per heavy atom. The molecule has 0 spiro atoms. The van der Waals surface area contributed by atoms with Crippen LogP contribution in [0.1, 0.15) is 0 Å². The average Bonchev–Trinajstić information content (AvgIpc) is 4.14. The van der Waals surface area contributed by atoms with Crippen molar-refractivity contribution in [3.8, 4) is 27.9 Å². The van der Waals surface area contributed by atoms with E-state index < -0.39 is 0 Å². The van der Waals surface area contributed by atoms with Gasteiger partial charge in [0.2, 0.25) is 0 Å². The van der Waals surface area contributed by atoms with Crippen LogP contribution in [0, 0.1) is 0 Å². The maximum atomic E-state index is 6.65. The molecule has 0 aliphatic rings. The zero-order chi connectivity index (χ0) is 42.6. The molecule has 0 amide bonds. The smallest absolute Gasteiger partial charge is 0.143 e. The van der Waals surface area contributed by atoms with Crippen LogP contribution in [0.5, 0.6) is 0 Å². The van der Waals surface area contributed by atoms with Crippen molar-refractivity contribution in [2.24, 2.45) is 0 Å². The predicted octanol–water partition coefficient (Wildman–Crippen LogP) is 18.2. The molecule has 10 aromatic carbocycles. The molecular weight excluding hydrogens is 829 g/mol. The van der Waals surface area contributed by atoms with Gasteiger partial charge in [0.25, 0.3) is 0 Å². The van der Waals surface area contributed by atoms with Gasteiger partial charge >= 0.3 is 0 Å². The number of hydrogen-bond donors (Lipinski definition) is 0. The lowest BCUT2D eigenvalue weighted by Gasteiger charge is -2.30. The van der Waals surface area contributed by atoms with Gasteiger partial charge in [-0.05, 0) is 66.2 Å². The summed E-state index contributed by atoms with van der Waals surface area (Å²) in [6.45, 7) is 0. The van der Waals surface area contributed by atoms with Gasteiger partial charge in [0.05, 0.1) is 32.8 Å². The number of rotatable bonds is 6. The lowest BCUT2D eigenvalue weighted by atomic mass is 9.96. The van der Waals surface area contributed by atoms with E-state index in [0.717, 1.165) is 55.8 Å². The number of fused-ring (bicyclic) bond motifs is 12. The van der Waals surface area contributed by atoms with Gasteiger partial charge in [0.1, 0.15) is 11.2 Å². The molecule has 3 nitrogen and oxygen atoms in total. The van der Waals surface area contributed by atoms with Gasteiger partial charge in [-0.15, -0.1) is 22.7 Å². The molecular formula is C60H36N2OS2. The minimum absolute atomic E-state index is 0.896. The fourth-order valence-corrected chi connectivity index (χ4v) is 12.9. The SMILES string of the molecule is c1cc(-c2cccc3c2oc2ccccc23)cc(N(c2ccc3c(sc4ccccc43)c2-c2ccccc2-n2c3ccccc3c3ccccc32)c2cccc3c2sc2ccccc23)c1. The molecule has 0 aliphatic carbocycles. The minimum Gasteiger partial charge on any atom is -0.455 e. The van der Waals surface area contributed by atoms with Gasteiger partial charge in [-0.25, -0.2) is 0 Å². The van der Waals surface area contributed by atoms with Gasteiger partial charge in [0.15, 0.2) is 0 Å². The summed E-state index contributed by atoms with van der Waals surface area (Å²) in [7, 11) is 0. The maximum absolute atomic E-state index is 6.65. The zero-order valence-corrected chi connectivity index (χ0v) is 36.5. The minimum atomic E-state index is 0.896. The number of aromatic nitrogens is 1. The van der Waals surface area contributed by atoms with Crippen molar-refractivity contribution in [3.63, 3.8) is 0 Å². The van der Waals surface area contributed by atoms with Gasteiger partial charge in [-0.1, -0.05) is 158 Å². The molecule has 5 heteroatoms. The van der Waals surface area contributed by atoms with E-state index in [1.54, 1.807) is 0 Å². The van der Waals surface area contributed by atoms with Crippen molar-refractivity contribution >= 4 is 124 Å². The van der Waals surface area contributed by atoms with Gasteiger partial charge in [0, 0.05) is 79.6 Å². The normalized spacial score (nSPS) is 12.0. The quantitative estimate of drug-likeness (QED) is 0.166. The zero-order valence-electron chi connectivity index (χ0n) is 34.9. The molecule has 0 saturated carbocycles. The highest BCUT2D eigenvalue weighted by Crippen LogP contribution is 2.53. The van der Waals surface area contributed by atoms with Crippen LogP contribution in [0.3, 0.4) is 0 Å². The number of benzene rings is 10. The molecule has 0 atom stereocenters. The molecule has 0 unspecified atom stereocenters. The average molecular weight is 865 g/mol. The van der Waals surface area contributed by atoms with Crippen LogP contribution >= 0.6 is 22.7 Å². The predicted molar refractivity (Wildman–Crippen MR) is 279 cm³/mol. The molecule has 0 saturated heterocycles. The van der Waals surface area contributed by atoms with E-state index in [-0.39, 0.29) is 0 Å². The second-order valence-electron chi connectivity index (χ2n) is 16.7. The van der Waals surface area contributed by atoms with Crippen LogP contribution in [0.4, 0.5) is 17.1 Å². The first-order chi connectivity index (χ1) is 32.3. The highest BCUT2D eigenvalue weighted by molar-refractivity contribution is 7.27. The van der Waals surface area contributed by atoms with Gasteiger partial charge < -0.3 is 13.9 Å². The summed E-state index contributed by atoms with van der Waals surface area (Å²) in [5.41, 5.74) is 13.2. The van der Waals surface area contributed by atoms with Crippen LogP contribution in [0.2, 0.25) is 0 Å². The van der Waals surface area contributed by atoms with Crippen LogP contribution in [-0.2, 0) is 0 Å². The summed E-state index contributed by atoms with van der Waals surface area (Å²) in [5.74, 6) is 0. The van der Waals surface area contributed by atoms with Crippen molar-refractivity contribution in [3.05, 3.63) is 218 Å². The molecule has 14 rings (SSSR count). The molecule has 0 radical (unpaired) electrons. The Balaban J connectivity index is 1.10. The molecule has 4 aromatic heterocycles. The van der Waals surface area contributed by atoms with E-state index in [1.165, 1.54) is 73.3 Å². The number of thiophene rings is 2. The molecule has 0 fully saturated rings. The molecule has 4 heterocycles. The number of nitrogens with zero attached hydrogens (tertiary/aromatic N) is 2. The van der Waals surface area contributed by atoms with Crippen LogP contribution in [0.15, 0.2) is 223 Å². The third kappa shape index (κ3) is 5.47. The van der Waals surface area contributed by atoms with Crippen LogP contribution < -0.4 is 4.90 Å². The topological polar surface area (TPSA) is 21.3 Å². The largest absolute Gasteiger partial charge is 0.455 e. The molecule has 0 aliphatic heterocycles. The third-order valence-electron chi connectivity index (χ3n) is 13.2. The van der Waals surface area contributed by atoms with Crippen molar-refractivity contribution in [1.82, 2.24) is 4.57 Å². The maximum Gasteiger partial charge on any atom is 0.143 e. The molecule has 65 heavy (non-hydrogen) atoms. The summed E-state index contributed by atoms with van der Waals surface area (Å²) < 4.78 is 14.2. The Bertz CT molecular complexity index is 4170. The fourth-order valence-electron chi connectivity index (χ4n) is 10.4. The number of furan rings is 1. The Morgan fingerprint density at radius 2 is 0.954 bits per heavy atom. The van der Waals surface area contributed by atoms with E-state index in [4.69, 9.17) is 4.42 Å². The Hall–Kier alpha value is -7.96. The number of anilines is 3. The van der Waals surface area contributed by atoms with Crippen LogP contribution in [-0.4, -0.2) is 4.57 Å². The molecule has 0 N–H and O–H groups in total. The van der Waals surface area contributed by atoms with Crippen molar-refractivity contribution in [1.29, 1.82) is 0 Å². The van der Waals surface area contributed by atoms with E-state index in [0.29, 0.717) is 0 Å². The first kappa shape index (κ1) is 36.5. The van der Waals surface area contributed by atoms with E-state index in [9.17, 15) is 0 Å². The molecule has 0 bridgehead atoms. The first-order valence-electron chi connectivity index (χ1n) is 22.0. The second kappa shape index (κ2) is 14.3. The van der Waals surface area contributed by atoms with Crippen LogP contribution in [0.25, 0.3) is 112 Å². The summed E-state index contributed by atoms with van der Waals surface area (Å²) in [5, 5.41) is 9.79. The third-order valence-corrected chi connectivity index (χ3v) is 15.6. The van der Waals surface area contributed by atoms with E-state index in [2.05, 4.69) is 222 Å². The van der Waals surface area contributed by atoms with E-state index >= 15 is 0 Å². The monoisotopic (exact) mass is 864 g/mol. The molecule has 304 valence electrons. The lowest BCUT2D eigenvalue weighted by molar-refractivity contribution is 0.670. The summed E-state index contributed by atoms with van der Waals surface area (Å²) in [6.07, 6.45) is 0. The number of hydrogen-bond acceptors (Lipinski definition) is 4. The standard InChI is InChI=1S/C60H36N2OS2/c1-7-27-49-40(18-1)41-19-2-8-28-50(41)62(49)51-29-9-3-23-48(51)57-52(35-34-47-44-22-6-12-33-56(44)65-60(47)57)61(53-30-15-26-46-43-21-5-11-32-55(43)64-59(46)53)38-17-13-16-37(36-38)39-24-14-25-45-42-20-4-10-31-54(42)63-58(39)45/h1-36H. The van der Waals surface area contributed by atoms with Gasteiger partial charge in [-0.2, -0.15) is 0 Å². The lowest BCUT2D eigenvalue weighted by Crippen LogP contribution is -2.12. The van der Waals surface area contributed by atoms with E-state index in [1.807, 2.05) is 28.7 Å². The first-order valence-corrected chi connectivity index (χ1v) is 23.6. The summed E-state index contributed by atoms with van der Waals surface area (Å²) >= 11 is 3.75. The van der Waals surface area contributed by atoms with Gasteiger partial charge in [-0.3, -0.25) is 0 Å². The number of para-hydroxylation sites is 5. The van der Waals surface area contributed by atoms with Crippen molar-refractivity contribution in [2.75, 3.05) is 4.90 Å². The highest BCUT2D eigenvalue weighted by Gasteiger charge is 2.27. The summed E-state index contributed by atoms with van der Waals surface area (Å²) in [4.78, 5) is 2.53. The highest BCUT2D eigenvalue weighted by atomic mass is 32.1. The Kier molecular flexibility index (Phi) is 8.02. The Morgan fingerprint density at radius 3 is 1.74 bits per heavy atom. The fraction of sp³-hybridized carbons (Fsp3) is 0. The second-order valence-corrected chi connectivity index (χ2v) is 18.8. The molecule has 14 aromatic rings. The Labute approximate surface area is 381 Å². The van der Waals surface area contributed by atoms with Crippen molar-refractivity contribution in [2.45, 2.75) is 0 Å². The summed E-state index contributed by atoms with van der Waals surface area (Å²) in [6, 6.07) is 79.8.